The quantitative estimate of drug-likeness (QED) is 0.670. The molecule has 0 radical (unpaired) electrons. The molecule has 2 aromatic rings. The topological polar surface area (TPSA) is 52.6 Å². The van der Waals surface area contributed by atoms with E-state index in [9.17, 15) is 9.59 Å². The van der Waals surface area contributed by atoms with Crippen molar-refractivity contribution in [1.82, 2.24) is 0 Å². The third kappa shape index (κ3) is 1.69. The number of hydrogen-bond donors (Lipinski definition) is 0. The van der Waals surface area contributed by atoms with E-state index < -0.39 is 0 Å². The monoisotopic (exact) mass is 268 g/mol. The summed E-state index contributed by atoms with van der Waals surface area (Å²) in [6.45, 7) is 0. The first-order valence-electron chi connectivity index (χ1n) is 6.11. The summed E-state index contributed by atoms with van der Waals surface area (Å²) >= 11 is 0. The molecule has 20 heavy (non-hydrogen) atoms. The molecule has 0 amide bonds. The number of carbonyl (C=O) groups is 2. The fraction of sp³-hybridized carbons (Fsp3) is 0.125. The number of carbonyl (C=O) groups excluding carboxylic acids is 2. The lowest BCUT2D eigenvalue weighted by Crippen LogP contribution is -2.07. The second-order valence-electron chi connectivity index (χ2n) is 4.50. The molecule has 4 heteroatoms. The van der Waals surface area contributed by atoms with Gasteiger partial charge in [0, 0.05) is 0 Å². The van der Waals surface area contributed by atoms with Crippen molar-refractivity contribution in [1.29, 1.82) is 0 Å². The number of rotatable bonds is 2. The summed E-state index contributed by atoms with van der Waals surface area (Å²) in [7, 11) is 2.72. The molecule has 3 rings (SSSR count). The maximum atomic E-state index is 11.5. The minimum Gasteiger partial charge on any atom is -0.465 e. The van der Waals surface area contributed by atoms with Crippen LogP contribution in [0.3, 0.4) is 0 Å². The van der Waals surface area contributed by atoms with Gasteiger partial charge < -0.3 is 9.47 Å². The lowest BCUT2D eigenvalue weighted by atomic mass is 9.79. The van der Waals surface area contributed by atoms with Gasteiger partial charge in [0.15, 0.2) is 0 Å². The molecule has 4 nitrogen and oxygen atoms in total. The summed E-state index contributed by atoms with van der Waals surface area (Å²) in [6, 6.07) is 10.8. The second kappa shape index (κ2) is 4.49. The van der Waals surface area contributed by atoms with E-state index in [1.807, 2.05) is 12.1 Å². The summed E-state index contributed by atoms with van der Waals surface area (Å²) in [6.07, 6.45) is 0. The predicted octanol–water partition coefficient (Wildman–Crippen LogP) is 2.91. The van der Waals surface area contributed by atoms with Crippen LogP contribution in [0.15, 0.2) is 36.4 Å². The average molecular weight is 268 g/mol. The SMILES string of the molecule is COC(=O)c1ccc2c(c1)-c1ccc(C(=O)OC)cc1-2. The third-order valence-electron chi connectivity index (χ3n) is 3.46. The van der Waals surface area contributed by atoms with Gasteiger partial charge in [-0.2, -0.15) is 0 Å². The second-order valence-corrected chi connectivity index (χ2v) is 4.50. The molecule has 0 N–H and O–H groups in total. The Morgan fingerprint density at radius 1 is 0.700 bits per heavy atom. The lowest BCUT2D eigenvalue weighted by Gasteiger charge is -2.24. The first-order valence-corrected chi connectivity index (χ1v) is 6.11. The molecule has 1 aliphatic rings. The van der Waals surface area contributed by atoms with Crippen LogP contribution < -0.4 is 0 Å². The summed E-state index contributed by atoms with van der Waals surface area (Å²) < 4.78 is 9.42. The Morgan fingerprint density at radius 3 is 1.45 bits per heavy atom. The van der Waals surface area contributed by atoms with Gasteiger partial charge in [0.25, 0.3) is 0 Å². The summed E-state index contributed by atoms with van der Waals surface area (Å²) in [5, 5.41) is 0. The highest BCUT2D eigenvalue weighted by molar-refractivity contribution is 6.07. The third-order valence-corrected chi connectivity index (χ3v) is 3.46. The van der Waals surface area contributed by atoms with Crippen LogP contribution in [0.25, 0.3) is 22.3 Å². The lowest BCUT2D eigenvalue weighted by molar-refractivity contribution is 0.0592. The Bertz CT molecular complexity index is 653. The highest BCUT2D eigenvalue weighted by Gasteiger charge is 2.25. The van der Waals surface area contributed by atoms with Crippen molar-refractivity contribution in [3.63, 3.8) is 0 Å². The van der Waals surface area contributed by atoms with E-state index >= 15 is 0 Å². The standard InChI is InChI=1S/C16H12O4/c1-19-15(17)9-3-5-11-13(7-9)12-6-4-10(8-14(11)12)16(18)20-2/h3-8H,1-2H3. The number of ether oxygens (including phenoxy) is 2. The smallest absolute Gasteiger partial charge is 0.337 e. The fourth-order valence-electron chi connectivity index (χ4n) is 2.43. The van der Waals surface area contributed by atoms with Crippen LogP contribution >= 0.6 is 0 Å². The van der Waals surface area contributed by atoms with Crippen LogP contribution in [0, 0.1) is 0 Å². The molecule has 2 aromatic carbocycles. The molecule has 0 unspecified atom stereocenters. The normalized spacial score (nSPS) is 10.9. The van der Waals surface area contributed by atoms with Crippen molar-refractivity contribution in [3.05, 3.63) is 47.5 Å². The number of esters is 2. The Morgan fingerprint density at radius 2 is 1.10 bits per heavy atom. The largest absolute Gasteiger partial charge is 0.465 e. The molecule has 0 fully saturated rings. The zero-order valence-electron chi connectivity index (χ0n) is 11.1. The highest BCUT2D eigenvalue weighted by atomic mass is 16.5. The van der Waals surface area contributed by atoms with Crippen molar-refractivity contribution in [2.75, 3.05) is 14.2 Å². The summed E-state index contributed by atoms with van der Waals surface area (Å²) in [5.74, 6) is -0.708. The average Bonchev–Trinajstić information content (AvgIpc) is 2.50. The molecule has 1 aliphatic carbocycles. The first kappa shape index (κ1) is 12.4. The molecule has 0 saturated heterocycles. The molecular formula is C16H12O4. The molecule has 0 bridgehead atoms. The van der Waals surface area contributed by atoms with Crippen molar-refractivity contribution >= 4 is 11.9 Å². The van der Waals surface area contributed by atoms with Crippen LogP contribution in [0.2, 0.25) is 0 Å². The van der Waals surface area contributed by atoms with E-state index in [1.54, 1.807) is 24.3 Å². The highest BCUT2D eigenvalue weighted by Crippen LogP contribution is 2.47. The Labute approximate surface area is 115 Å². The zero-order chi connectivity index (χ0) is 14.3. The van der Waals surface area contributed by atoms with E-state index in [4.69, 9.17) is 9.47 Å². The molecule has 0 heterocycles. The molecule has 0 aromatic heterocycles. The zero-order valence-corrected chi connectivity index (χ0v) is 11.1. The van der Waals surface area contributed by atoms with Gasteiger partial charge in [-0.25, -0.2) is 9.59 Å². The van der Waals surface area contributed by atoms with Crippen molar-refractivity contribution < 1.29 is 19.1 Å². The number of methoxy groups -OCH3 is 2. The van der Waals surface area contributed by atoms with Crippen molar-refractivity contribution in [3.8, 4) is 22.3 Å². The van der Waals surface area contributed by atoms with Gasteiger partial charge in [0.1, 0.15) is 0 Å². The van der Waals surface area contributed by atoms with Crippen LogP contribution in [0.1, 0.15) is 20.7 Å². The molecule has 0 saturated carbocycles. The van der Waals surface area contributed by atoms with Gasteiger partial charge in [-0.05, 0) is 46.5 Å². The molecule has 0 aliphatic heterocycles. The van der Waals surface area contributed by atoms with E-state index in [0.29, 0.717) is 11.1 Å². The van der Waals surface area contributed by atoms with Gasteiger partial charge in [-0.1, -0.05) is 12.1 Å². The Kier molecular flexibility index (Phi) is 2.79. The van der Waals surface area contributed by atoms with Crippen LogP contribution in [-0.4, -0.2) is 26.2 Å². The summed E-state index contributed by atoms with van der Waals surface area (Å²) in [4.78, 5) is 23.0. The van der Waals surface area contributed by atoms with Gasteiger partial charge in [0.05, 0.1) is 25.3 Å². The molecule has 0 spiro atoms. The van der Waals surface area contributed by atoms with Gasteiger partial charge in [-0.15, -0.1) is 0 Å². The van der Waals surface area contributed by atoms with Gasteiger partial charge >= 0.3 is 11.9 Å². The van der Waals surface area contributed by atoms with E-state index in [0.717, 1.165) is 22.3 Å². The van der Waals surface area contributed by atoms with Crippen molar-refractivity contribution in [2.45, 2.75) is 0 Å². The van der Waals surface area contributed by atoms with E-state index in [1.165, 1.54) is 14.2 Å². The van der Waals surface area contributed by atoms with Crippen LogP contribution in [0.4, 0.5) is 0 Å². The number of benzene rings is 2. The van der Waals surface area contributed by atoms with E-state index in [-0.39, 0.29) is 11.9 Å². The Hall–Kier alpha value is -2.62. The number of fused-ring (bicyclic) bond motifs is 4. The van der Waals surface area contributed by atoms with Crippen LogP contribution in [0.5, 0.6) is 0 Å². The van der Waals surface area contributed by atoms with Gasteiger partial charge in [-0.3, -0.25) is 0 Å². The first-order chi connectivity index (χ1) is 9.65. The molecular weight excluding hydrogens is 256 g/mol. The minimum atomic E-state index is -0.354. The number of hydrogen-bond acceptors (Lipinski definition) is 4. The maximum Gasteiger partial charge on any atom is 0.337 e. The predicted molar refractivity (Wildman–Crippen MR) is 73.6 cm³/mol. The Balaban J connectivity index is 2.01. The minimum absolute atomic E-state index is 0.354. The summed E-state index contributed by atoms with van der Waals surface area (Å²) in [5.41, 5.74) is 5.10. The van der Waals surface area contributed by atoms with Crippen molar-refractivity contribution in [2.24, 2.45) is 0 Å². The molecule has 100 valence electrons. The molecule has 0 atom stereocenters. The van der Waals surface area contributed by atoms with E-state index in [2.05, 4.69) is 0 Å². The van der Waals surface area contributed by atoms with Crippen LogP contribution in [-0.2, 0) is 9.47 Å². The fourth-order valence-corrected chi connectivity index (χ4v) is 2.43. The maximum absolute atomic E-state index is 11.5. The van der Waals surface area contributed by atoms with Gasteiger partial charge in [0.2, 0.25) is 0 Å².